The molecule has 0 radical (unpaired) electrons. The molecular weight excluding hydrogens is 610 g/mol. The first-order valence-corrected chi connectivity index (χ1v) is 15.9. The van der Waals surface area contributed by atoms with Gasteiger partial charge in [0.05, 0.1) is 35.7 Å². The summed E-state index contributed by atoms with van der Waals surface area (Å²) in [5, 5.41) is 5.25. The molecule has 0 spiro atoms. The van der Waals surface area contributed by atoms with Gasteiger partial charge < -0.3 is 15.0 Å². The van der Waals surface area contributed by atoms with Crippen LogP contribution in [0.3, 0.4) is 0 Å². The lowest BCUT2D eigenvalue weighted by Crippen LogP contribution is -2.54. The second-order valence-electron chi connectivity index (χ2n) is 12.2. The number of hydrogen-bond acceptors (Lipinski definition) is 8. The van der Waals surface area contributed by atoms with E-state index in [1.54, 1.807) is 30.5 Å². The number of imide groups is 2. The molecule has 3 aromatic carbocycles. The fourth-order valence-corrected chi connectivity index (χ4v) is 6.57. The zero-order valence-corrected chi connectivity index (χ0v) is 26.5. The Morgan fingerprint density at radius 2 is 1.67 bits per heavy atom. The Morgan fingerprint density at radius 3 is 2.44 bits per heavy atom. The van der Waals surface area contributed by atoms with E-state index in [1.807, 2.05) is 56.3 Å². The summed E-state index contributed by atoms with van der Waals surface area (Å²) in [4.78, 5) is 73.0. The van der Waals surface area contributed by atoms with Crippen molar-refractivity contribution in [3.05, 3.63) is 101 Å². The number of fused-ring (bicyclic) bond motifs is 1. The van der Waals surface area contributed by atoms with Gasteiger partial charge in [0.2, 0.25) is 11.8 Å². The van der Waals surface area contributed by atoms with E-state index < -0.39 is 29.7 Å². The number of hydrogen-bond donors (Lipinski definition) is 2. The fourth-order valence-electron chi connectivity index (χ4n) is 6.57. The van der Waals surface area contributed by atoms with E-state index in [-0.39, 0.29) is 29.9 Å². The standard InChI is InChI=1S/C37H33N5O6/c1-21-5-3-6-23(17-21)34(44)39-25-10-9-22(2)28(19-25)24-18-30(41-13-15-48-16-14-41)33(38-20-24)26-7-4-8-27-32(26)37(47)42(36(27)46)29-11-12-31(43)40-35(29)45/h3-10,17-20,29H,11-16H2,1-2H3,(H,39,44)(H,40,43,45). The van der Waals surface area contributed by atoms with Crippen molar-refractivity contribution in [3.8, 4) is 22.4 Å². The highest BCUT2D eigenvalue weighted by atomic mass is 16.5. The minimum Gasteiger partial charge on any atom is -0.378 e. The van der Waals surface area contributed by atoms with Crippen molar-refractivity contribution in [1.29, 1.82) is 0 Å². The van der Waals surface area contributed by atoms with E-state index in [1.165, 1.54) is 0 Å². The van der Waals surface area contributed by atoms with Crippen LogP contribution in [0.4, 0.5) is 11.4 Å². The number of anilines is 2. The number of amides is 5. The number of rotatable bonds is 6. The smallest absolute Gasteiger partial charge is 0.262 e. The van der Waals surface area contributed by atoms with Crippen LogP contribution in [-0.2, 0) is 14.3 Å². The van der Waals surface area contributed by atoms with Gasteiger partial charge in [-0.05, 0) is 67.8 Å². The summed E-state index contributed by atoms with van der Waals surface area (Å²) in [6.07, 6.45) is 1.84. The van der Waals surface area contributed by atoms with Crippen LogP contribution in [0.15, 0.2) is 72.9 Å². The zero-order chi connectivity index (χ0) is 33.5. The van der Waals surface area contributed by atoms with E-state index in [9.17, 15) is 24.0 Å². The summed E-state index contributed by atoms with van der Waals surface area (Å²) < 4.78 is 5.63. The molecule has 1 aromatic heterocycles. The van der Waals surface area contributed by atoms with Gasteiger partial charge in [-0.3, -0.25) is 39.2 Å². The van der Waals surface area contributed by atoms with Gasteiger partial charge in [0.1, 0.15) is 6.04 Å². The van der Waals surface area contributed by atoms with Gasteiger partial charge >= 0.3 is 0 Å². The number of nitrogens with zero attached hydrogens (tertiary/aromatic N) is 3. The lowest BCUT2D eigenvalue weighted by Gasteiger charge is -2.31. The van der Waals surface area contributed by atoms with E-state index in [2.05, 4.69) is 15.5 Å². The van der Waals surface area contributed by atoms with Gasteiger partial charge in [-0.25, -0.2) is 0 Å². The van der Waals surface area contributed by atoms with Gasteiger partial charge in [-0.15, -0.1) is 0 Å². The average molecular weight is 644 g/mol. The molecule has 7 rings (SSSR count). The molecule has 11 nitrogen and oxygen atoms in total. The minimum absolute atomic E-state index is 0.0388. The number of nitrogens with one attached hydrogen (secondary N) is 2. The highest BCUT2D eigenvalue weighted by Gasteiger charge is 2.46. The number of morpholine rings is 1. The molecular formula is C37H33N5O6. The van der Waals surface area contributed by atoms with Gasteiger partial charge in [-0.1, -0.05) is 35.9 Å². The van der Waals surface area contributed by atoms with E-state index >= 15 is 0 Å². The summed E-state index contributed by atoms with van der Waals surface area (Å²) in [6.45, 7) is 6.13. The number of pyridine rings is 1. The molecule has 2 N–H and O–H groups in total. The second-order valence-corrected chi connectivity index (χ2v) is 12.2. The van der Waals surface area contributed by atoms with Crippen LogP contribution in [0.5, 0.6) is 0 Å². The van der Waals surface area contributed by atoms with Gasteiger partial charge in [-0.2, -0.15) is 0 Å². The first kappa shape index (κ1) is 30.9. The molecule has 1 unspecified atom stereocenters. The molecule has 11 heteroatoms. The Kier molecular flexibility index (Phi) is 8.06. The van der Waals surface area contributed by atoms with Gasteiger partial charge in [0, 0.05) is 48.1 Å². The Labute approximate surface area is 276 Å². The fraction of sp³-hybridized carbons (Fsp3) is 0.243. The molecule has 242 valence electrons. The Morgan fingerprint density at radius 1 is 0.896 bits per heavy atom. The number of piperidine rings is 1. The average Bonchev–Trinajstić information content (AvgIpc) is 3.35. The summed E-state index contributed by atoms with van der Waals surface area (Å²) in [5.74, 6) is -2.46. The van der Waals surface area contributed by atoms with Crippen molar-refractivity contribution >= 4 is 40.9 Å². The molecule has 0 saturated carbocycles. The molecule has 4 heterocycles. The maximum absolute atomic E-state index is 13.9. The maximum atomic E-state index is 13.9. The molecule has 2 saturated heterocycles. The molecule has 1 atom stereocenters. The van der Waals surface area contributed by atoms with Crippen LogP contribution in [0.25, 0.3) is 22.4 Å². The van der Waals surface area contributed by atoms with Crippen molar-refractivity contribution < 1.29 is 28.7 Å². The summed E-state index contributed by atoms with van der Waals surface area (Å²) in [6, 6.07) is 19.1. The Hall–Kier alpha value is -5.68. The number of aromatic nitrogens is 1. The third-order valence-electron chi connectivity index (χ3n) is 9.03. The predicted octanol–water partition coefficient (Wildman–Crippen LogP) is 4.52. The van der Waals surface area contributed by atoms with Crippen LogP contribution < -0.4 is 15.5 Å². The molecule has 0 aliphatic carbocycles. The largest absolute Gasteiger partial charge is 0.378 e. The van der Waals surface area contributed by atoms with Crippen LogP contribution in [0.1, 0.15) is 55.0 Å². The van der Waals surface area contributed by atoms with Crippen LogP contribution in [0.2, 0.25) is 0 Å². The summed E-state index contributed by atoms with van der Waals surface area (Å²) in [7, 11) is 0. The van der Waals surface area contributed by atoms with Crippen molar-refractivity contribution in [1.82, 2.24) is 15.2 Å². The molecule has 48 heavy (non-hydrogen) atoms. The normalized spacial score (nSPS) is 17.8. The number of benzene rings is 3. The van der Waals surface area contributed by atoms with Gasteiger partial charge in [0.15, 0.2) is 0 Å². The van der Waals surface area contributed by atoms with E-state index in [0.29, 0.717) is 48.8 Å². The Balaban J connectivity index is 1.28. The number of carbonyl (C=O) groups excluding carboxylic acids is 5. The molecule has 3 aliphatic rings. The minimum atomic E-state index is -1.07. The van der Waals surface area contributed by atoms with Crippen molar-refractivity contribution in [3.63, 3.8) is 0 Å². The number of ether oxygens (including phenoxy) is 1. The monoisotopic (exact) mass is 643 g/mol. The lowest BCUT2D eigenvalue weighted by molar-refractivity contribution is -0.136. The third-order valence-corrected chi connectivity index (χ3v) is 9.03. The molecule has 5 amide bonds. The van der Waals surface area contributed by atoms with Crippen LogP contribution >= 0.6 is 0 Å². The van der Waals surface area contributed by atoms with E-state index in [4.69, 9.17) is 9.72 Å². The molecule has 3 aliphatic heterocycles. The quantitative estimate of drug-likeness (QED) is 0.293. The number of aryl methyl sites for hydroxylation is 2. The predicted molar refractivity (Wildman–Crippen MR) is 179 cm³/mol. The first-order valence-electron chi connectivity index (χ1n) is 15.9. The van der Waals surface area contributed by atoms with Crippen molar-refractivity contribution in [2.75, 3.05) is 36.5 Å². The maximum Gasteiger partial charge on any atom is 0.262 e. The third kappa shape index (κ3) is 5.62. The highest BCUT2D eigenvalue weighted by Crippen LogP contribution is 2.40. The van der Waals surface area contributed by atoms with Crippen molar-refractivity contribution in [2.24, 2.45) is 0 Å². The second kappa shape index (κ2) is 12.5. The first-order chi connectivity index (χ1) is 23.2. The molecule has 4 aromatic rings. The highest BCUT2D eigenvalue weighted by molar-refractivity contribution is 6.26. The Bertz CT molecular complexity index is 2020. The number of carbonyl (C=O) groups is 5. The van der Waals surface area contributed by atoms with Crippen LogP contribution in [-0.4, -0.2) is 71.8 Å². The zero-order valence-electron chi connectivity index (χ0n) is 26.5. The molecule has 0 bridgehead atoms. The molecule has 2 fully saturated rings. The van der Waals surface area contributed by atoms with Gasteiger partial charge in [0.25, 0.3) is 17.7 Å². The lowest BCUT2D eigenvalue weighted by atomic mass is 9.96. The summed E-state index contributed by atoms with van der Waals surface area (Å²) in [5.41, 5.74) is 6.99. The van der Waals surface area contributed by atoms with Crippen LogP contribution in [0, 0.1) is 13.8 Å². The topological polar surface area (TPSA) is 138 Å². The summed E-state index contributed by atoms with van der Waals surface area (Å²) >= 11 is 0. The van der Waals surface area contributed by atoms with E-state index in [0.717, 1.165) is 32.8 Å². The SMILES string of the molecule is Cc1cccc(C(=O)Nc2ccc(C)c(-c3cnc(-c4cccc5c4C(=O)N(C4CCC(=O)NC4=O)C5=O)c(N4CCOCC4)c3)c2)c1. The van der Waals surface area contributed by atoms with Crippen molar-refractivity contribution in [2.45, 2.75) is 32.7 Å².